The second-order valence-electron chi connectivity index (χ2n) is 3.75. The smallest absolute Gasteiger partial charge is 0.193 e. The molecule has 2 nitrogen and oxygen atoms in total. The highest BCUT2D eigenvalue weighted by atomic mass is 16.6. The van der Waals surface area contributed by atoms with Gasteiger partial charge in [0.25, 0.3) is 0 Å². The van der Waals surface area contributed by atoms with Crippen molar-refractivity contribution in [2.24, 2.45) is 0 Å². The van der Waals surface area contributed by atoms with Crippen LogP contribution in [0, 0.1) is 0 Å². The fourth-order valence-electron chi connectivity index (χ4n) is 1.97. The molecule has 2 atom stereocenters. The minimum atomic E-state index is -0.513. The average molecular weight is 152 g/mol. The zero-order valence-corrected chi connectivity index (χ0v) is 7.32. The van der Waals surface area contributed by atoms with Crippen LogP contribution in [0.15, 0.2) is 11.1 Å². The molecular weight excluding hydrogens is 140 g/mol. The second-order valence-corrected chi connectivity index (χ2v) is 3.75. The van der Waals surface area contributed by atoms with E-state index in [4.69, 9.17) is 4.74 Å². The topological polar surface area (TPSA) is 29.6 Å². The highest BCUT2D eigenvalue weighted by Gasteiger charge is 2.73. The van der Waals surface area contributed by atoms with Crippen LogP contribution in [0.1, 0.15) is 27.7 Å². The highest BCUT2D eigenvalue weighted by Crippen LogP contribution is 2.59. The Morgan fingerprint density at radius 3 is 1.91 bits per heavy atom. The molecule has 0 aromatic heterocycles. The first-order valence-electron chi connectivity index (χ1n) is 3.86. The van der Waals surface area contributed by atoms with Gasteiger partial charge in [0.05, 0.1) is 0 Å². The van der Waals surface area contributed by atoms with Crippen molar-refractivity contribution in [3.8, 4) is 0 Å². The van der Waals surface area contributed by atoms with Crippen LogP contribution < -0.4 is 0 Å². The summed E-state index contributed by atoms with van der Waals surface area (Å²) in [6, 6.07) is 0. The molecule has 2 rings (SSSR count). The number of hydrogen-bond acceptors (Lipinski definition) is 2. The molecule has 2 aliphatic rings. The SMILES string of the molecule is CC1=C(C)[C@]2(C)O[C@]2(C)C1=O. The molecule has 1 fully saturated rings. The Hall–Kier alpha value is -0.630. The lowest BCUT2D eigenvalue weighted by Gasteiger charge is -2.01. The molecule has 0 N–H and O–H groups in total. The Balaban J connectivity index is 2.57. The third kappa shape index (κ3) is 0.486. The molecule has 0 aromatic carbocycles. The van der Waals surface area contributed by atoms with Gasteiger partial charge in [0.1, 0.15) is 5.60 Å². The maximum Gasteiger partial charge on any atom is 0.193 e. The summed E-state index contributed by atoms with van der Waals surface area (Å²) in [5, 5.41) is 0. The van der Waals surface area contributed by atoms with Gasteiger partial charge in [-0.15, -0.1) is 0 Å². The summed E-state index contributed by atoms with van der Waals surface area (Å²) in [7, 11) is 0. The molecule has 0 radical (unpaired) electrons. The van der Waals surface area contributed by atoms with E-state index in [0.29, 0.717) is 0 Å². The van der Waals surface area contributed by atoms with E-state index in [-0.39, 0.29) is 11.4 Å². The van der Waals surface area contributed by atoms with Crippen LogP contribution in [0.25, 0.3) is 0 Å². The van der Waals surface area contributed by atoms with E-state index in [1.165, 1.54) is 0 Å². The first kappa shape index (κ1) is 7.04. The molecule has 1 aliphatic carbocycles. The molecule has 0 saturated carbocycles. The molecule has 1 aliphatic heterocycles. The van der Waals surface area contributed by atoms with Gasteiger partial charge in [0.2, 0.25) is 0 Å². The van der Waals surface area contributed by atoms with Crippen molar-refractivity contribution in [2.75, 3.05) is 0 Å². The monoisotopic (exact) mass is 152 g/mol. The number of epoxide rings is 1. The number of rotatable bonds is 0. The molecule has 0 bridgehead atoms. The van der Waals surface area contributed by atoms with E-state index in [1.54, 1.807) is 0 Å². The standard InChI is InChI=1S/C9H12O2/c1-5-6(2)8(3)9(4,11-8)7(5)10/h1-4H3/t8-,9+/m0/s1. The Labute approximate surface area is 66.2 Å². The van der Waals surface area contributed by atoms with Crippen molar-refractivity contribution >= 4 is 5.78 Å². The molecule has 2 heteroatoms. The van der Waals surface area contributed by atoms with Crippen LogP contribution in [0.4, 0.5) is 0 Å². The van der Waals surface area contributed by atoms with E-state index in [1.807, 2.05) is 27.7 Å². The number of ether oxygens (including phenoxy) is 1. The highest BCUT2D eigenvalue weighted by molar-refractivity contribution is 6.09. The molecule has 1 heterocycles. The van der Waals surface area contributed by atoms with Gasteiger partial charge in [-0.05, 0) is 38.8 Å². The normalized spacial score (nSPS) is 48.2. The first-order valence-corrected chi connectivity index (χ1v) is 3.86. The lowest BCUT2D eigenvalue weighted by molar-refractivity contribution is -0.119. The summed E-state index contributed by atoms with van der Waals surface area (Å²) in [5.74, 6) is 0.164. The van der Waals surface area contributed by atoms with E-state index in [9.17, 15) is 4.79 Å². The van der Waals surface area contributed by atoms with Crippen molar-refractivity contribution in [3.05, 3.63) is 11.1 Å². The van der Waals surface area contributed by atoms with Gasteiger partial charge in [-0.2, -0.15) is 0 Å². The molecule has 1 saturated heterocycles. The molecule has 0 spiro atoms. The Bertz CT molecular complexity index is 290. The van der Waals surface area contributed by atoms with E-state index >= 15 is 0 Å². The first-order chi connectivity index (χ1) is 4.93. The fraction of sp³-hybridized carbons (Fsp3) is 0.667. The third-order valence-corrected chi connectivity index (χ3v) is 3.33. The van der Waals surface area contributed by atoms with Gasteiger partial charge in [0.15, 0.2) is 11.4 Å². The maximum absolute atomic E-state index is 11.5. The summed E-state index contributed by atoms with van der Waals surface area (Å²) in [6.45, 7) is 7.71. The predicted octanol–water partition coefficient (Wildman–Crippen LogP) is 1.45. The number of carbonyl (C=O) groups is 1. The van der Waals surface area contributed by atoms with Crippen molar-refractivity contribution in [3.63, 3.8) is 0 Å². The lowest BCUT2D eigenvalue weighted by atomic mass is 9.95. The van der Waals surface area contributed by atoms with E-state index in [2.05, 4.69) is 0 Å². The number of ketones is 1. The van der Waals surface area contributed by atoms with Crippen molar-refractivity contribution in [1.82, 2.24) is 0 Å². The Morgan fingerprint density at radius 1 is 1.18 bits per heavy atom. The minimum absolute atomic E-state index is 0.164. The number of carbonyl (C=O) groups excluding carboxylic acids is 1. The molecule has 0 unspecified atom stereocenters. The lowest BCUT2D eigenvalue weighted by Crippen LogP contribution is -2.22. The van der Waals surface area contributed by atoms with Crippen LogP contribution in [-0.2, 0) is 9.53 Å². The summed E-state index contributed by atoms with van der Waals surface area (Å²) in [6.07, 6.45) is 0. The largest absolute Gasteiger partial charge is 0.350 e. The zero-order valence-electron chi connectivity index (χ0n) is 7.32. The molecule has 60 valence electrons. The van der Waals surface area contributed by atoms with E-state index in [0.717, 1.165) is 11.1 Å². The van der Waals surface area contributed by atoms with Gasteiger partial charge in [-0.25, -0.2) is 0 Å². The third-order valence-electron chi connectivity index (χ3n) is 3.33. The summed E-state index contributed by atoms with van der Waals surface area (Å²) in [4.78, 5) is 11.5. The van der Waals surface area contributed by atoms with Gasteiger partial charge in [0, 0.05) is 0 Å². The fourth-order valence-corrected chi connectivity index (χ4v) is 1.97. The van der Waals surface area contributed by atoms with Gasteiger partial charge >= 0.3 is 0 Å². The van der Waals surface area contributed by atoms with Crippen molar-refractivity contribution in [1.29, 1.82) is 0 Å². The molecule has 11 heavy (non-hydrogen) atoms. The average Bonchev–Trinajstić information content (AvgIpc) is 2.49. The quantitative estimate of drug-likeness (QED) is 0.492. The van der Waals surface area contributed by atoms with Crippen LogP contribution in [-0.4, -0.2) is 17.0 Å². The summed E-state index contributed by atoms with van der Waals surface area (Å²) in [5.41, 5.74) is 1.21. The minimum Gasteiger partial charge on any atom is -0.350 e. The maximum atomic E-state index is 11.5. The van der Waals surface area contributed by atoms with Crippen molar-refractivity contribution < 1.29 is 9.53 Å². The van der Waals surface area contributed by atoms with E-state index < -0.39 is 5.60 Å². The van der Waals surface area contributed by atoms with Gasteiger partial charge in [-0.3, -0.25) is 4.79 Å². The summed E-state index contributed by atoms with van der Waals surface area (Å²) >= 11 is 0. The van der Waals surface area contributed by atoms with Crippen molar-refractivity contribution in [2.45, 2.75) is 38.9 Å². The van der Waals surface area contributed by atoms with Gasteiger partial charge in [-0.1, -0.05) is 0 Å². The van der Waals surface area contributed by atoms with Crippen LogP contribution in [0.5, 0.6) is 0 Å². The zero-order chi connectivity index (χ0) is 8.44. The number of fused-ring (bicyclic) bond motifs is 1. The summed E-state index contributed by atoms with van der Waals surface area (Å²) < 4.78 is 5.42. The molecule has 0 amide bonds. The van der Waals surface area contributed by atoms with Crippen LogP contribution >= 0.6 is 0 Å². The molecule has 0 aromatic rings. The predicted molar refractivity (Wildman–Crippen MR) is 41.3 cm³/mol. The number of Topliss-reactive ketones (excluding diaryl/α,β-unsaturated/α-hetero) is 1. The molecular formula is C9H12O2. The van der Waals surface area contributed by atoms with Crippen LogP contribution in [0.2, 0.25) is 0 Å². The Kier molecular flexibility index (Phi) is 0.920. The second kappa shape index (κ2) is 1.44. The Morgan fingerprint density at radius 2 is 1.73 bits per heavy atom. The number of hydrogen-bond donors (Lipinski definition) is 0. The van der Waals surface area contributed by atoms with Crippen LogP contribution in [0.3, 0.4) is 0 Å². The van der Waals surface area contributed by atoms with Gasteiger partial charge < -0.3 is 4.74 Å².